The van der Waals surface area contributed by atoms with Crippen molar-refractivity contribution in [3.8, 4) is 5.75 Å². The van der Waals surface area contributed by atoms with E-state index in [0.717, 1.165) is 0 Å². The summed E-state index contributed by atoms with van der Waals surface area (Å²) in [4.78, 5) is 24.5. The highest BCUT2D eigenvalue weighted by Crippen LogP contribution is 2.15. The number of hydrogen-bond donors (Lipinski definition) is 3. The third-order valence-corrected chi connectivity index (χ3v) is 5.92. The van der Waals surface area contributed by atoms with Crippen LogP contribution in [0.15, 0.2) is 46.7 Å². The molecule has 0 radical (unpaired) electrons. The van der Waals surface area contributed by atoms with Crippen LogP contribution in [0.2, 0.25) is 0 Å². The van der Waals surface area contributed by atoms with Gasteiger partial charge in [0, 0.05) is 13.1 Å². The summed E-state index contributed by atoms with van der Waals surface area (Å²) >= 11 is 1.28. The topological polar surface area (TPSA) is 114 Å². The molecule has 2 rings (SSSR count). The Balaban J connectivity index is 1.76. The number of carbonyl (C=O) groups is 2. The zero-order valence-corrected chi connectivity index (χ0v) is 16.5. The van der Waals surface area contributed by atoms with E-state index in [4.69, 9.17) is 4.74 Å². The highest BCUT2D eigenvalue weighted by atomic mass is 32.2. The number of ether oxygens (including phenoxy) is 1. The zero-order valence-electron chi connectivity index (χ0n) is 14.9. The molecule has 0 spiro atoms. The molecule has 0 aliphatic carbocycles. The number of sulfonamides is 1. The van der Waals surface area contributed by atoms with E-state index in [1.54, 1.807) is 36.6 Å². The van der Waals surface area contributed by atoms with Crippen LogP contribution in [0.1, 0.15) is 16.6 Å². The molecule has 0 saturated carbocycles. The summed E-state index contributed by atoms with van der Waals surface area (Å²) in [7, 11) is -2.18. The molecule has 1 heterocycles. The molecule has 3 N–H and O–H groups in total. The zero-order chi connectivity index (χ0) is 19.9. The van der Waals surface area contributed by atoms with Gasteiger partial charge in [0.2, 0.25) is 15.9 Å². The lowest BCUT2D eigenvalue weighted by atomic mass is 10.3. The van der Waals surface area contributed by atoms with E-state index < -0.39 is 22.0 Å². The number of thiophene rings is 1. The van der Waals surface area contributed by atoms with Crippen LogP contribution in [-0.2, 0) is 14.8 Å². The van der Waals surface area contributed by atoms with Crippen molar-refractivity contribution in [2.24, 2.45) is 0 Å². The number of nitrogens with one attached hydrogen (secondary N) is 3. The van der Waals surface area contributed by atoms with Crippen molar-refractivity contribution in [2.45, 2.75) is 17.9 Å². The second-order valence-electron chi connectivity index (χ2n) is 5.54. The highest BCUT2D eigenvalue weighted by Gasteiger charge is 2.17. The third kappa shape index (κ3) is 6.05. The average molecular weight is 412 g/mol. The molecule has 2 amide bonds. The van der Waals surface area contributed by atoms with Crippen LogP contribution in [-0.4, -0.2) is 46.5 Å². The summed E-state index contributed by atoms with van der Waals surface area (Å²) in [6.45, 7) is 1.67. The van der Waals surface area contributed by atoms with E-state index in [2.05, 4.69) is 15.4 Å². The molecular weight excluding hydrogens is 390 g/mol. The van der Waals surface area contributed by atoms with Gasteiger partial charge < -0.3 is 15.4 Å². The summed E-state index contributed by atoms with van der Waals surface area (Å²) in [6.07, 6.45) is 0. The molecule has 1 aromatic carbocycles. The van der Waals surface area contributed by atoms with Crippen LogP contribution < -0.4 is 20.1 Å². The molecule has 1 atom stereocenters. The Morgan fingerprint density at radius 1 is 1.15 bits per heavy atom. The first-order valence-electron chi connectivity index (χ1n) is 8.09. The van der Waals surface area contributed by atoms with Crippen LogP contribution >= 0.6 is 11.3 Å². The Morgan fingerprint density at radius 3 is 2.44 bits per heavy atom. The number of rotatable bonds is 9. The van der Waals surface area contributed by atoms with Gasteiger partial charge in [-0.3, -0.25) is 9.59 Å². The minimum Gasteiger partial charge on any atom is -0.497 e. The van der Waals surface area contributed by atoms with Crippen molar-refractivity contribution >= 4 is 33.2 Å². The molecule has 27 heavy (non-hydrogen) atoms. The van der Waals surface area contributed by atoms with E-state index in [1.807, 2.05) is 0 Å². The minimum absolute atomic E-state index is 0.0195. The standard InChI is InChI=1S/C17H21N3O5S2/c1-12(20-17(22)15-4-3-11-26-15)16(21)18-9-10-19-27(23,24)14-7-5-13(25-2)6-8-14/h3-8,11-12,19H,9-10H2,1-2H3,(H,18,21)(H,20,22). The van der Waals surface area contributed by atoms with Gasteiger partial charge in [-0.05, 0) is 42.6 Å². The normalized spacial score (nSPS) is 12.2. The maximum atomic E-state index is 12.2. The Bertz CT molecular complexity index is 864. The van der Waals surface area contributed by atoms with Gasteiger partial charge in [-0.15, -0.1) is 11.3 Å². The Hall–Kier alpha value is -2.43. The molecule has 10 heteroatoms. The second-order valence-corrected chi connectivity index (χ2v) is 8.25. The molecule has 2 aromatic rings. The summed E-state index contributed by atoms with van der Waals surface area (Å²) < 4.78 is 31.7. The Labute approximate surface area is 162 Å². The first-order valence-corrected chi connectivity index (χ1v) is 10.5. The van der Waals surface area contributed by atoms with Crippen molar-refractivity contribution in [2.75, 3.05) is 20.2 Å². The molecule has 1 aromatic heterocycles. The lowest BCUT2D eigenvalue weighted by Gasteiger charge is -2.14. The van der Waals surface area contributed by atoms with Crippen molar-refractivity contribution in [1.82, 2.24) is 15.4 Å². The average Bonchev–Trinajstić information content (AvgIpc) is 3.20. The number of benzene rings is 1. The molecule has 0 fully saturated rings. The van der Waals surface area contributed by atoms with Crippen LogP contribution in [0.5, 0.6) is 5.75 Å². The monoisotopic (exact) mass is 411 g/mol. The van der Waals surface area contributed by atoms with Crippen LogP contribution in [0.25, 0.3) is 0 Å². The highest BCUT2D eigenvalue weighted by molar-refractivity contribution is 7.89. The van der Waals surface area contributed by atoms with E-state index >= 15 is 0 Å². The second kappa shape index (κ2) is 9.49. The SMILES string of the molecule is COc1ccc(S(=O)(=O)NCCNC(=O)C(C)NC(=O)c2cccs2)cc1. The third-order valence-electron chi connectivity index (χ3n) is 3.57. The fraction of sp³-hybridized carbons (Fsp3) is 0.294. The molecular formula is C17H21N3O5S2. The van der Waals surface area contributed by atoms with Crippen molar-refractivity contribution < 1.29 is 22.7 Å². The quantitative estimate of drug-likeness (QED) is 0.532. The number of amides is 2. The van der Waals surface area contributed by atoms with E-state index in [-0.39, 0.29) is 23.9 Å². The van der Waals surface area contributed by atoms with Gasteiger partial charge in [-0.1, -0.05) is 6.07 Å². The fourth-order valence-corrected chi connectivity index (χ4v) is 3.76. The molecule has 0 bridgehead atoms. The number of methoxy groups -OCH3 is 1. The van der Waals surface area contributed by atoms with Crippen molar-refractivity contribution in [3.05, 3.63) is 46.7 Å². The predicted octanol–water partition coefficient (Wildman–Crippen LogP) is 0.970. The number of hydrogen-bond acceptors (Lipinski definition) is 6. The van der Waals surface area contributed by atoms with E-state index in [0.29, 0.717) is 10.6 Å². The molecule has 1 unspecified atom stereocenters. The van der Waals surface area contributed by atoms with Crippen molar-refractivity contribution in [3.63, 3.8) is 0 Å². The summed E-state index contributed by atoms with van der Waals surface area (Å²) in [5.41, 5.74) is 0. The van der Waals surface area contributed by atoms with Gasteiger partial charge in [-0.2, -0.15) is 0 Å². The van der Waals surface area contributed by atoms with Gasteiger partial charge >= 0.3 is 0 Å². The summed E-state index contributed by atoms with van der Waals surface area (Å²) in [5, 5.41) is 6.94. The van der Waals surface area contributed by atoms with Gasteiger partial charge in [0.25, 0.3) is 5.91 Å². The Kier molecular flexibility index (Phi) is 7.34. The van der Waals surface area contributed by atoms with E-state index in [9.17, 15) is 18.0 Å². The molecule has 8 nitrogen and oxygen atoms in total. The van der Waals surface area contributed by atoms with Gasteiger partial charge in [0.15, 0.2) is 0 Å². The predicted molar refractivity (Wildman–Crippen MR) is 102 cm³/mol. The lowest BCUT2D eigenvalue weighted by molar-refractivity contribution is -0.122. The first kappa shape index (κ1) is 20.9. The van der Waals surface area contributed by atoms with Gasteiger partial charge in [0.05, 0.1) is 16.9 Å². The van der Waals surface area contributed by atoms with Crippen molar-refractivity contribution in [1.29, 1.82) is 0 Å². The van der Waals surface area contributed by atoms with Gasteiger partial charge in [-0.25, -0.2) is 13.1 Å². The maximum absolute atomic E-state index is 12.2. The molecule has 0 saturated heterocycles. The van der Waals surface area contributed by atoms with E-state index in [1.165, 1.54) is 30.6 Å². The first-order chi connectivity index (χ1) is 12.8. The Morgan fingerprint density at radius 2 is 1.85 bits per heavy atom. The van der Waals surface area contributed by atoms with Crippen LogP contribution in [0, 0.1) is 0 Å². The smallest absolute Gasteiger partial charge is 0.261 e. The maximum Gasteiger partial charge on any atom is 0.261 e. The fourth-order valence-electron chi connectivity index (χ4n) is 2.10. The summed E-state index contributed by atoms with van der Waals surface area (Å²) in [6, 6.07) is 8.64. The molecule has 0 aliphatic rings. The van der Waals surface area contributed by atoms with Gasteiger partial charge in [0.1, 0.15) is 11.8 Å². The summed E-state index contributed by atoms with van der Waals surface area (Å²) in [5.74, 6) is -0.170. The molecule has 0 aliphatic heterocycles. The lowest BCUT2D eigenvalue weighted by Crippen LogP contribution is -2.46. The van der Waals surface area contributed by atoms with Crippen LogP contribution in [0.3, 0.4) is 0 Å². The number of carbonyl (C=O) groups excluding carboxylic acids is 2. The molecule has 146 valence electrons. The van der Waals surface area contributed by atoms with Crippen LogP contribution in [0.4, 0.5) is 0 Å². The largest absolute Gasteiger partial charge is 0.497 e. The minimum atomic E-state index is -3.68.